The first kappa shape index (κ1) is 10.1. The zero-order valence-electron chi connectivity index (χ0n) is 3.36. The van der Waals surface area contributed by atoms with Gasteiger partial charge in [-0.05, 0) is 13.8 Å². The van der Waals surface area contributed by atoms with E-state index in [1.54, 1.807) is 0 Å². The van der Waals surface area contributed by atoms with E-state index in [0.717, 1.165) is 0 Å². The van der Waals surface area contributed by atoms with Crippen molar-refractivity contribution in [3.05, 3.63) is 0 Å². The molecule has 0 bridgehead atoms. The lowest BCUT2D eigenvalue weighted by atomic mass is 10.5. The fourth-order valence-electron chi connectivity index (χ4n) is 0. The van der Waals surface area contributed by atoms with Crippen molar-refractivity contribution in [1.82, 2.24) is 0 Å². The van der Waals surface area contributed by atoms with E-state index in [0.29, 0.717) is 0 Å². The van der Waals surface area contributed by atoms with Gasteiger partial charge in [0, 0.05) is 0 Å². The first-order valence-electron chi connectivity index (χ1n) is 1.54. The summed E-state index contributed by atoms with van der Waals surface area (Å²) in [4.78, 5) is 0. The Labute approximate surface area is 59.3 Å². The Morgan fingerprint density at radius 2 is 1.67 bits per heavy atom. The van der Waals surface area contributed by atoms with Crippen LogP contribution in [0, 0.1) is 0 Å². The van der Waals surface area contributed by atoms with Gasteiger partial charge < -0.3 is 0 Å². The molecule has 0 spiro atoms. The molecule has 0 amide bonds. The summed E-state index contributed by atoms with van der Waals surface area (Å²) < 4.78 is 4.22. The minimum absolute atomic E-state index is 0. The molecule has 0 N–H and O–H groups in total. The molecule has 0 aliphatic heterocycles. The molecule has 3 heteroatoms. The van der Waals surface area contributed by atoms with Gasteiger partial charge in [0.2, 0.25) is 0 Å². The fraction of sp³-hybridized carbons (Fsp3) is 1.00. The number of rotatable bonds is 1. The van der Waals surface area contributed by atoms with Crippen LogP contribution in [-0.4, -0.2) is 29.2 Å². The lowest BCUT2D eigenvalue weighted by Crippen LogP contribution is -1.89. The van der Waals surface area contributed by atoms with Crippen LogP contribution >= 0.6 is 11.9 Å². The van der Waals surface area contributed by atoms with Gasteiger partial charge in [0.1, 0.15) is 0 Å². The maximum Gasteiger partial charge on any atom is 0.316 e. The molecule has 1 nitrogen and oxygen atoms in total. The molecule has 0 aromatic heterocycles. The maximum atomic E-state index is 4.84. The summed E-state index contributed by atoms with van der Waals surface area (Å²) >= 11 is 4.84. The van der Waals surface area contributed by atoms with Crippen LogP contribution in [0.25, 0.3) is 0 Å². The van der Waals surface area contributed by atoms with Crippen LogP contribution in [0.5, 0.6) is 0 Å². The molecule has 0 aliphatic rings. The van der Waals surface area contributed by atoms with E-state index in [1.165, 1.54) is 0 Å². The van der Waals surface area contributed by atoms with Crippen LogP contribution in [0.3, 0.4) is 0 Å². The molecule has 0 unspecified atom stereocenters. The zero-order valence-corrected chi connectivity index (χ0v) is 4.12. The molecular formula is C3H9ClMgO. The van der Waals surface area contributed by atoms with Gasteiger partial charge in [-0.3, -0.25) is 4.29 Å². The second kappa shape index (κ2) is 6.02. The van der Waals surface area contributed by atoms with E-state index in [4.69, 9.17) is 11.9 Å². The third kappa shape index (κ3) is 8.89. The summed E-state index contributed by atoms with van der Waals surface area (Å²) in [5, 5.41) is 0. The predicted molar refractivity (Wildman–Crippen MR) is 30.6 cm³/mol. The molecule has 0 atom stereocenters. The predicted octanol–water partition coefficient (Wildman–Crippen LogP) is 0.649. The first-order valence-corrected chi connectivity index (χ1v) is 1.85. The van der Waals surface area contributed by atoms with Crippen molar-refractivity contribution in [1.29, 1.82) is 0 Å². The lowest BCUT2D eigenvalue weighted by Gasteiger charge is -1.90. The van der Waals surface area contributed by atoms with Crippen LogP contribution in [0.15, 0.2) is 0 Å². The third-order valence-corrected chi connectivity index (χ3v) is 0.535. The van der Waals surface area contributed by atoms with Crippen molar-refractivity contribution in [2.24, 2.45) is 0 Å². The zero-order chi connectivity index (χ0) is 4.28. The van der Waals surface area contributed by atoms with Gasteiger partial charge in [-0.1, -0.05) is 0 Å². The Hall–Kier alpha value is 1.02. The van der Waals surface area contributed by atoms with E-state index in [9.17, 15) is 0 Å². The summed E-state index contributed by atoms with van der Waals surface area (Å²) in [6.07, 6.45) is 0.150. The highest BCUT2D eigenvalue weighted by Crippen LogP contribution is 1.87. The van der Waals surface area contributed by atoms with Gasteiger partial charge in [0.15, 0.2) is 0 Å². The van der Waals surface area contributed by atoms with Gasteiger partial charge in [-0.25, -0.2) is 0 Å². The van der Waals surface area contributed by atoms with E-state index in [2.05, 4.69) is 4.29 Å². The van der Waals surface area contributed by atoms with E-state index >= 15 is 0 Å². The van der Waals surface area contributed by atoms with Crippen molar-refractivity contribution in [3.8, 4) is 0 Å². The summed E-state index contributed by atoms with van der Waals surface area (Å²) in [5.41, 5.74) is 0. The fourth-order valence-corrected chi connectivity index (χ4v) is 0. The molecule has 0 aliphatic carbocycles. The third-order valence-electron chi connectivity index (χ3n) is 0.178. The van der Waals surface area contributed by atoms with Gasteiger partial charge in [0.05, 0.1) is 18.0 Å². The standard InChI is InChI=1S/C3H7ClO.Mg.2H/c1-3(2)5-4;;;/h3H,1-2H3;;;. The molecule has 0 aromatic carbocycles. The Morgan fingerprint density at radius 3 is 1.67 bits per heavy atom. The van der Waals surface area contributed by atoms with Crippen molar-refractivity contribution in [2.75, 3.05) is 0 Å². The quantitative estimate of drug-likeness (QED) is 0.462. The van der Waals surface area contributed by atoms with Gasteiger partial charge in [0.25, 0.3) is 0 Å². The van der Waals surface area contributed by atoms with Crippen molar-refractivity contribution < 1.29 is 4.29 Å². The Kier molecular flexibility index (Phi) is 10.1. The van der Waals surface area contributed by atoms with E-state index in [1.807, 2.05) is 13.8 Å². The molecule has 0 rings (SSSR count). The minimum Gasteiger partial charge on any atom is -0.276 e. The normalized spacial score (nSPS) is 8.00. The first-order chi connectivity index (χ1) is 2.27. The molecule has 0 saturated heterocycles. The van der Waals surface area contributed by atoms with E-state index < -0.39 is 0 Å². The average Bonchev–Trinajstić information content (AvgIpc) is 1.38. The Balaban J connectivity index is 0. The summed E-state index contributed by atoms with van der Waals surface area (Å²) in [5.74, 6) is 0. The summed E-state index contributed by atoms with van der Waals surface area (Å²) in [6.45, 7) is 3.74. The molecule has 6 heavy (non-hydrogen) atoms. The van der Waals surface area contributed by atoms with Crippen LogP contribution < -0.4 is 0 Å². The number of halogens is 1. The average molecular weight is 121 g/mol. The molecule has 0 fully saturated rings. The van der Waals surface area contributed by atoms with Crippen molar-refractivity contribution >= 4 is 34.9 Å². The van der Waals surface area contributed by atoms with Crippen molar-refractivity contribution in [2.45, 2.75) is 20.0 Å². The molecule has 0 radical (unpaired) electrons. The smallest absolute Gasteiger partial charge is 0.276 e. The van der Waals surface area contributed by atoms with Gasteiger partial charge in [-0.2, -0.15) is 0 Å². The van der Waals surface area contributed by atoms with Gasteiger partial charge >= 0.3 is 23.1 Å². The van der Waals surface area contributed by atoms with Crippen LogP contribution in [0.1, 0.15) is 13.8 Å². The molecule has 0 saturated carbocycles. The van der Waals surface area contributed by atoms with Gasteiger partial charge in [-0.15, -0.1) is 0 Å². The molecule has 0 heterocycles. The highest BCUT2D eigenvalue weighted by atomic mass is 35.5. The summed E-state index contributed by atoms with van der Waals surface area (Å²) in [7, 11) is 0. The summed E-state index contributed by atoms with van der Waals surface area (Å²) in [6, 6.07) is 0. The number of hydrogen-bond donors (Lipinski definition) is 0. The van der Waals surface area contributed by atoms with E-state index in [-0.39, 0.29) is 29.2 Å². The Morgan fingerprint density at radius 1 is 1.50 bits per heavy atom. The molecule has 0 aromatic rings. The molecular weight excluding hydrogens is 112 g/mol. The lowest BCUT2D eigenvalue weighted by molar-refractivity contribution is 0.269. The minimum atomic E-state index is 0. The molecule has 36 valence electrons. The van der Waals surface area contributed by atoms with Crippen LogP contribution in [0.2, 0.25) is 0 Å². The van der Waals surface area contributed by atoms with Crippen LogP contribution in [0.4, 0.5) is 0 Å². The van der Waals surface area contributed by atoms with Crippen molar-refractivity contribution in [3.63, 3.8) is 0 Å². The maximum absolute atomic E-state index is 4.84. The monoisotopic (exact) mass is 120 g/mol. The largest absolute Gasteiger partial charge is 0.316 e. The second-order valence-corrected chi connectivity index (χ2v) is 1.32. The highest BCUT2D eigenvalue weighted by Gasteiger charge is 1.81. The Bertz CT molecular complexity index is 24.8. The topological polar surface area (TPSA) is 9.23 Å². The van der Waals surface area contributed by atoms with Crippen LogP contribution in [-0.2, 0) is 4.29 Å². The number of hydrogen-bond acceptors (Lipinski definition) is 1. The highest BCUT2D eigenvalue weighted by molar-refractivity contribution is 6.07. The second-order valence-electron chi connectivity index (χ2n) is 1.14. The SMILES string of the molecule is CC(C)OCl.[MgH2].